The van der Waals surface area contributed by atoms with Crippen LogP contribution in [0.3, 0.4) is 0 Å². The number of hydrogen-bond acceptors (Lipinski definition) is 7. The molecule has 10 heteroatoms. The lowest BCUT2D eigenvalue weighted by Crippen LogP contribution is -2.50. The molecule has 2 N–H and O–H groups in total. The van der Waals surface area contributed by atoms with E-state index in [1.807, 2.05) is 6.92 Å². The van der Waals surface area contributed by atoms with E-state index in [0.29, 0.717) is 24.0 Å². The number of carbonyl (C=O) groups excluding carboxylic acids is 1. The third-order valence-electron chi connectivity index (χ3n) is 7.27. The first kappa shape index (κ1) is 28.0. The van der Waals surface area contributed by atoms with Gasteiger partial charge in [-0.15, -0.1) is 0 Å². The number of rotatable bonds is 5. The van der Waals surface area contributed by atoms with E-state index in [4.69, 9.17) is 4.74 Å². The first-order chi connectivity index (χ1) is 18.0. The predicted molar refractivity (Wildman–Crippen MR) is 142 cm³/mol. The van der Waals surface area contributed by atoms with Crippen LogP contribution < -0.4 is 4.74 Å². The number of ether oxygens (including phenoxy) is 1. The lowest BCUT2D eigenvalue weighted by Gasteiger charge is -2.37. The summed E-state index contributed by atoms with van der Waals surface area (Å²) in [4.78, 5) is 18.5. The summed E-state index contributed by atoms with van der Waals surface area (Å²) in [6.07, 6.45) is 5.62. The molecule has 0 bridgehead atoms. The summed E-state index contributed by atoms with van der Waals surface area (Å²) in [7, 11) is -2.32. The Balaban J connectivity index is 1.71. The SMILES string of the molecule is C[C@@H]1CN([C@H](C)CO)S(=O)(=O)c2ccc(C#CC3(O)CCCC3)cc2O[C@@H]1CN(C)C(=O)c1ccncc1. The van der Waals surface area contributed by atoms with Crippen molar-refractivity contribution in [3.8, 4) is 17.6 Å². The van der Waals surface area contributed by atoms with E-state index in [-0.39, 0.29) is 42.2 Å². The Labute approximate surface area is 224 Å². The molecule has 1 saturated carbocycles. The van der Waals surface area contributed by atoms with Gasteiger partial charge in [-0.2, -0.15) is 4.31 Å². The van der Waals surface area contributed by atoms with Gasteiger partial charge in [-0.05, 0) is 62.9 Å². The Hall–Kier alpha value is -2.97. The van der Waals surface area contributed by atoms with E-state index < -0.39 is 27.8 Å². The molecule has 2 heterocycles. The van der Waals surface area contributed by atoms with E-state index in [9.17, 15) is 23.4 Å². The number of aromatic nitrogens is 1. The van der Waals surface area contributed by atoms with Gasteiger partial charge in [-0.25, -0.2) is 8.42 Å². The molecular weight excluding hydrogens is 506 g/mol. The Morgan fingerprint density at radius 1 is 1.26 bits per heavy atom. The maximum absolute atomic E-state index is 13.7. The molecule has 1 aliphatic heterocycles. The Kier molecular flexibility index (Phi) is 8.43. The Morgan fingerprint density at radius 3 is 2.61 bits per heavy atom. The standard InChI is InChI=1S/C28H35N3O6S/c1-20-17-31(21(2)19-32)38(35,36)26-7-6-22(8-13-28(34)11-4-5-12-28)16-24(26)37-25(20)18-30(3)27(33)23-9-14-29-15-10-23/h6-7,9-10,14-16,20-21,25,32,34H,4-5,11-12,17-19H2,1-3H3/t20-,21-,25-/m1/s1. The fraction of sp³-hybridized carbons (Fsp3) is 0.500. The average molecular weight is 542 g/mol. The second kappa shape index (κ2) is 11.4. The predicted octanol–water partition coefficient (Wildman–Crippen LogP) is 2.28. The van der Waals surface area contributed by atoms with Crippen molar-refractivity contribution >= 4 is 15.9 Å². The molecule has 0 unspecified atom stereocenters. The highest BCUT2D eigenvalue weighted by atomic mass is 32.2. The van der Waals surface area contributed by atoms with E-state index in [2.05, 4.69) is 16.8 Å². The van der Waals surface area contributed by atoms with Gasteiger partial charge in [-0.3, -0.25) is 9.78 Å². The summed E-state index contributed by atoms with van der Waals surface area (Å²) < 4.78 is 35.0. The number of likely N-dealkylation sites (N-methyl/N-ethyl adjacent to an activating group) is 1. The van der Waals surface area contributed by atoms with Crippen molar-refractivity contribution in [2.45, 2.75) is 62.2 Å². The minimum absolute atomic E-state index is 0.0251. The summed E-state index contributed by atoms with van der Waals surface area (Å²) in [6, 6.07) is 7.26. The molecule has 0 saturated heterocycles. The third-order valence-corrected chi connectivity index (χ3v) is 9.28. The zero-order chi connectivity index (χ0) is 27.5. The molecule has 4 rings (SSSR count). The molecule has 2 aromatic rings. The lowest BCUT2D eigenvalue weighted by molar-refractivity contribution is 0.0563. The number of pyridine rings is 1. The summed E-state index contributed by atoms with van der Waals surface area (Å²) in [5.41, 5.74) is -0.0198. The van der Waals surface area contributed by atoms with E-state index in [1.54, 1.807) is 55.5 Å². The maximum atomic E-state index is 13.7. The van der Waals surface area contributed by atoms with Gasteiger partial charge in [-0.1, -0.05) is 18.8 Å². The van der Waals surface area contributed by atoms with Gasteiger partial charge in [0, 0.05) is 49.1 Å². The van der Waals surface area contributed by atoms with Crippen LogP contribution in [0.4, 0.5) is 0 Å². The van der Waals surface area contributed by atoms with Crippen LogP contribution in [0, 0.1) is 17.8 Å². The van der Waals surface area contributed by atoms with Gasteiger partial charge in [0.2, 0.25) is 10.0 Å². The van der Waals surface area contributed by atoms with Crippen molar-refractivity contribution in [2.75, 3.05) is 26.7 Å². The van der Waals surface area contributed by atoms with Crippen LogP contribution in [-0.4, -0.2) is 83.2 Å². The molecule has 0 radical (unpaired) electrons. The number of hydrogen-bond donors (Lipinski definition) is 2. The molecule has 2 aliphatic rings. The molecule has 1 amide bonds. The topological polar surface area (TPSA) is 120 Å². The summed E-state index contributed by atoms with van der Waals surface area (Å²) in [5.74, 6) is 5.56. The maximum Gasteiger partial charge on any atom is 0.253 e. The van der Waals surface area contributed by atoms with E-state index in [0.717, 1.165) is 12.8 Å². The Bertz CT molecular complexity index is 1320. The smallest absolute Gasteiger partial charge is 0.253 e. The number of benzene rings is 1. The molecule has 1 aromatic carbocycles. The van der Waals surface area contributed by atoms with Gasteiger partial charge >= 0.3 is 0 Å². The molecule has 38 heavy (non-hydrogen) atoms. The highest BCUT2D eigenvalue weighted by molar-refractivity contribution is 7.89. The fourth-order valence-electron chi connectivity index (χ4n) is 4.86. The molecule has 9 nitrogen and oxygen atoms in total. The van der Waals surface area contributed by atoms with Crippen molar-refractivity contribution in [1.29, 1.82) is 0 Å². The van der Waals surface area contributed by atoms with Crippen molar-refractivity contribution < 1.29 is 28.2 Å². The first-order valence-corrected chi connectivity index (χ1v) is 14.3. The number of nitrogens with zero attached hydrogens (tertiary/aromatic N) is 3. The molecular formula is C28H35N3O6S. The summed E-state index contributed by atoms with van der Waals surface area (Å²) >= 11 is 0. The minimum Gasteiger partial charge on any atom is -0.487 e. The quantitative estimate of drug-likeness (QED) is 0.557. The van der Waals surface area contributed by atoms with Gasteiger partial charge in [0.05, 0.1) is 13.2 Å². The van der Waals surface area contributed by atoms with Crippen LogP contribution >= 0.6 is 0 Å². The zero-order valence-corrected chi connectivity index (χ0v) is 22.8. The van der Waals surface area contributed by atoms with Crippen LogP contribution in [-0.2, 0) is 10.0 Å². The monoisotopic (exact) mass is 541 g/mol. The molecule has 1 aromatic heterocycles. The zero-order valence-electron chi connectivity index (χ0n) is 22.0. The molecule has 204 valence electrons. The van der Waals surface area contributed by atoms with Gasteiger partial charge in [0.1, 0.15) is 22.4 Å². The minimum atomic E-state index is -3.99. The van der Waals surface area contributed by atoms with Gasteiger partial charge in [0.15, 0.2) is 0 Å². The van der Waals surface area contributed by atoms with Crippen molar-refractivity contribution in [3.05, 3.63) is 53.9 Å². The van der Waals surface area contributed by atoms with E-state index >= 15 is 0 Å². The molecule has 1 aliphatic carbocycles. The number of aliphatic hydroxyl groups excluding tert-OH is 1. The average Bonchev–Trinajstić information content (AvgIpc) is 3.35. The molecule has 0 spiro atoms. The normalized spacial score (nSPS) is 23.1. The number of sulfonamides is 1. The van der Waals surface area contributed by atoms with Crippen molar-refractivity contribution in [2.24, 2.45) is 5.92 Å². The van der Waals surface area contributed by atoms with Crippen LogP contribution in [0.2, 0.25) is 0 Å². The van der Waals surface area contributed by atoms with Gasteiger partial charge in [0.25, 0.3) is 5.91 Å². The van der Waals surface area contributed by atoms with Crippen LogP contribution in [0.15, 0.2) is 47.6 Å². The first-order valence-electron chi connectivity index (χ1n) is 12.9. The largest absolute Gasteiger partial charge is 0.487 e. The Morgan fingerprint density at radius 2 is 1.95 bits per heavy atom. The van der Waals surface area contributed by atoms with Crippen molar-refractivity contribution in [3.63, 3.8) is 0 Å². The second-order valence-electron chi connectivity index (χ2n) is 10.3. The lowest BCUT2D eigenvalue weighted by atomic mass is 10.0. The van der Waals surface area contributed by atoms with Crippen LogP contribution in [0.5, 0.6) is 5.75 Å². The third kappa shape index (κ3) is 6.02. The van der Waals surface area contributed by atoms with Crippen molar-refractivity contribution in [1.82, 2.24) is 14.2 Å². The number of fused-ring (bicyclic) bond motifs is 1. The number of amides is 1. The van der Waals surface area contributed by atoms with Gasteiger partial charge < -0.3 is 19.8 Å². The highest BCUT2D eigenvalue weighted by Gasteiger charge is 2.38. The van der Waals surface area contributed by atoms with Crippen LogP contribution in [0.25, 0.3) is 0 Å². The fourth-order valence-corrected chi connectivity index (χ4v) is 6.69. The summed E-state index contributed by atoms with van der Waals surface area (Å²) in [5, 5.41) is 20.5. The second-order valence-corrected chi connectivity index (χ2v) is 12.2. The summed E-state index contributed by atoms with van der Waals surface area (Å²) in [6.45, 7) is 3.50. The number of carbonyl (C=O) groups is 1. The molecule has 3 atom stereocenters. The van der Waals surface area contributed by atoms with E-state index in [1.165, 1.54) is 10.4 Å². The number of aliphatic hydroxyl groups is 2. The highest BCUT2D eigenvalue weighted by Crippen LogP contribution is 2.34. The van der Waals surface area contributed by atoms with Crippen LogP contribution in [0.1, 0.15) is 55.5 Å². The molecule has 1 fully saturated rings.